The van der Waals surface area contributed by atoms with E-state index in [1.54, 1.807) is 19.1 Å². The molecule has 0 aromatic carbocycles. The van der Waals surface area contributed by atoms with Crippen LogP contribution in [-0.4, -0.2) is 24.2 Å². The summed E-state index contributed by atoms with van der Waals surface area (Å²) in [6.45, 7) is 9.24. The van der Waals surface area contributed by atoms with Crippen LogP contribution in [0.5, 0.6) is 5.88 Å². The lowest BCUT2D eigenvalue weighted by Crippen LogP contribution is -2.11. The molecule has 0 N–H and O–H groups in total. The lowest BCUT2D eigenvalue weighted by Gasteiger charge is -2.17. The number of hydrogen-bond acceptors (Lipinski definition) is 4. The standard InChI is InChI=1S/C14H21NO3/c1-5-17-13(16)11-6-7-12(15-10-11)18-9-8-14(2,3)4/h6-7,10H,5,8-9H2,1-4H3. The van der Waals surface area contributed by atoms with Crippen molar-refractivity contribution in [2.75, 3.05) is 13.2 Å². The Bertz CT molecular complexity index is 379. The first-order valence-electron chi connectivity index (χ1n) is 6.18. The second-order valence-electron chi connectivity index (χ2n) is 5.26. The van der Waals surface area contributed by atoms with Gasteiger partial charge < -0.3 is 9.47 Å². The number of esters is 1. The predicted octanol–water partition coefficient (Wildman–Crippen LogP) is 3.07. The largest absolute Gasteiger partial charge is 0.478 e. The molecule has 0 saturated heterocycles. The maximum Gasteiger partial charge on any atom is 0.339 e. The zero-order chi connectivity index (χ0) is 13.6. The average Bonchev–Trinajstić information content (AvgIpc) is 2.28. The molecule has 0 aliphatic heterocycles. The first kappa shape index (κ1) is 14.5. The highest BCUT2D eigenvalue weighted by atomic mass is 16.5. The first-order valence-corrected chi connectivity index (χ1v) is 6.18. The Morgan fingerprint density at radius 2 is 2.06 bits per heavy atom. The summed E-state index contributed by atoms with van der Waals surface area (Å²) in [5, 5.41) is 0. The van der Waals surface area contributed by atoms with Gasteiger partial charge in [0.2, 0.25) is 5.88 Å². The van der Waals surface area contributed by atoms with Crippen LogP contribution in [-0.2, 0) is 4.74 Å². The summed E-state index contributed by atoms with van der Waals surface area (Å²) >= 11 is 0. The van der Waals surface area contributed by atoms with Gasteiger partial charge in [0, 0.05) is 12.3 Å². The van der Waals surface area contributed by atoms with Crippen molar-refractivity contribution in [2.45, 2.75) is 34.1 Å². The molecular formula is C14H21NO3. The van der Waals surface area contributed by atoms with Gasteiger partial charge >= 0.3 is 5.97 Å². The van der Waals surface area contributed by atoms with E-state index in [9.17, 15) is 4.79 Å². The monoisotopic (exact) mass is 251 g/mol. The lowest BCUT2D eigenvalue weighted by molar-refractivity contribution is 0.0526. The highest BCUT2D eigenvalue weighted by molar-refractivity contribution is 5.89. The van der Waals surface area contributed by atoms with Gasteiger partial charge in [0.05, 0.1) is 18.8 Å². The van der Waals surface area contributed by atoms with Gasteiger partial charge in [-0.1, -0.05) is 20.8 Å². The average molecular weight is 251 g/mol. The van der Waals surface area contributed by atoms with Crippen molar-refractivity contribution in [1.29, 1.82) is 0 Å². The highest BCUT2D eigenvalue weighted by Crippen LogP contribution is 2.18. The van der Waals surface area contributed by atoms with Crippen molar-refractivity contribution < 1.29 is 14.3 Å². The number of aromatic nitrogens is 1. The third-order valence-electron chi connectivity index (χ3n) is 2.35. The number of hydrogen-bond donors (Lipinski definition) is 0. The Kier molecular flexibility index (Phi) is 5.13. The predicted molar refractivity (Wildman–Crippen MR) is 69.8 cm³/mol. The Labute approximate surface area is 108 Å². The topological polar surface area (TPSA) is 48.4 Å². The molecule has 1 rings (SSSR count). The van der Waals surface area contributed by atoms with Crippen molar-refractivity contribution in [3.63, 3.8) is 0 Å². The van der Waals surface area contributed by atoms with E-state index in [-0.39, 0.29) is 11.4 Å². The normalized spacial score (nSPS) is 11.1. The zero-order valence-electron chi connectivity index (χ0n) is 11.5. The molecule has 18 heavy (non-hydrogen) atoms. The van der Waals surface area contributed by atoms with Gasteiger partial charge in [0.15, 0.2) is 0 Å². The van der Waals surface area contributed by atoms with Crippen molar-refractivity contribution >= 4 is 5.97 Å². The second-order valence-corrected chi connectivity index (χ2v) is 5.26. The molecule has 4 heteroatoms. The number of carbonyl (C=O) groups excluding carboxylic acids is 1. The molecule has 0 aliphatic rings. The SMILES string of the molecule is CCOC(=O)c1ccc(OCCC(C)(C)C)nc1. The number of carbonyl (C=O) groups is 1. The molecule has 1 heterocycles. The lowest BCUT2D eigenvalue weighted by atomic mass is 9.93. The molecule has 0 unspecified atom stereocenters. The van der Waals surface area contributed by atoms with E-state index in [2.05, 4.69) is 25.8 Å². The Balaban J connectivity index is 2.48. The van der Waals surface area contributed by atoms with Gasteiger partial charge in [0.1, 0.15) is 0 Å². The summed E-state index contributed by atoms with van der Waals surface area (Å²) in [6, 6.07) is 3.35. The van der Waals surface area contributed by atoms with Crippen LogP contribution in [0.4, 0.5) is 0 Å². The van der Waals surface area contributed by atoms with E-state index < -0.39 is 0 Å². The van der Waals surface area contributed by atoms with Crippen LogP contribution in [0.2, 0.25) is 0 Å². The van der Waals surface area contributed by atoms with Crippen LogP contribution < -0.4 is 4.74 Å². The molecule has 0 saturated carbocycles. The smallest absolute Gasteiger partial charge is 0.339 e. The first-order chi connectivity index (χ1) is 8.42. The van der Waals surface area contributed by atoms with E-state index in [0.29, 0.717) is 24.7 Å². The van der Waals surface area contributed by atoms with Crippen LogP contribution >= 0.6 is 0 Å². The molecular weight excluding hydrogens is 230 g/mol. The van der Waals surface area contributed by atoms with Gasteiger partial charge in [-0.15, -0.1) is 0 Å². The van der Waals surface area contributed by atoms with Gasteiger partial charge in [-0.3, -0.25) is 0 Å². The minimum Gasteiger partial charge on any atom is -0.478 e. The van der Waals surface area contributed by atoms with Crippen LogP contribution in [0, 0.1) is 5.41 Å². The minimum absolute atomic E-state index is 0.241. The Morgan fingerprint density at radius 1 is 1.33 bits per heavy atom. The maximum atomic E-state index is 11.4. The Morgan fingerprint density at radius 3 is 2.56 bits per heavy atom. The van der Waals surface area contributed by atoms with Gasteiger partial charge in [0.25, 0.3) is 0 Å². The third-order valence-corrected chi connectivity index (χ3v) is 2.35. The third kappa shape index (κ3) is 5.17. The van der Waals surface area contributed by atoms with Crippen LogP contribution in [0.15, 0.2) is 18.3 Å². The minimum atomic E-state index is -0.355. The number of nitrogens with zero attached hydrogens (tertiary/aromatic N) is 1. The molecule has 0 atom stereocenters. The van der Waals surface area contributed by atoms with Crippen molar-refractivity contribution in [1.82, 2.24) is 4.98 Å². The molecule has 0 radical (unpaired) electrons. The van der Waals surface area contributed by atoms with Gasteiger partial charge in [-0.25, -0.2) is 9.78 Å². The zero-order valence-corrected chi connectivity index (χ0v) is 11.5. The molecule has 4 nitrogen and oxygen atoms in total. The number of ether oxygens (including phenoxy) is 2. The van der Waals surface area contributed by atoms with E-state index in [1.807, 2.05) is 0 Å². The second kappa shape index (κ2) is 6.38. The summed E-state index contributed by atoms with van der Waals surface area (Å²) in [7, 11) is 0. The van der Waals surface area contributed by atoms with E-state index in [1.165, 1.54) is 6.20 Å². The fraction of sp³-hybridized carbons (Fsp3) is 0.571. The highest BCUT2D eigenvalue weighted by Gasteiger charge is 2.11. The van der Waals surface area contributed by atoms with Gasteiger partial charge in [-0.2, -0.15) is 0 Å². The molecule has 0 amide bonds. The van der Waals surface area contributed by atoms with E-state index >= 15 is 0 Å². The van der Waals surface area contributed by atoms with Crippen LogP contribution in [0.1, 0.15) is 44.5 Å². The Hall–Kier alpha value is -1.58. The molecule has 0 fully saturated rings. The van der Waals surface area contributed by atoms with Crippen molar-refractivity contribution in [2.24, 2.45) is 5.41 Å². The summed E-state index contributed by atoms with van der Waals surface area (Å²) in [6.07, 6.45) is 2.43. The number of pyridine rings is 1. The molecule has 100 valence electrons. The fourth-order valence-electron chi connectivity index (χ4n) is 1.26. The molecule has 1 aromatic heterocycles. The molecule has 1 aromatic rings. The molecule has 0 aliphatic carbocycles. The van der Waals surface area contributed by atoms with Crippen LogP contribution in [0.25, 0.3) is 0 Å². The molecule has 0 bridgehead atoms. The summed E-state index contributed by atoms with van der Waals surface area (Å²) in [4.78, 5) is 15.5. The maximum absolute atomic E-state index is 11.4. The van der Waals surface area contributed by atoms with E-state index in [0.717, 1.165) is 6.42 Å². The van der Waals surface area contributed by atoms with Gasteiger partial charge in [-0.05, 0) is 24.8 Å². The van der Waals surface area contributed by atoms with E-state index in [4.69, 9.17) is 9.47 Å². The molecule has 0 spiro atoms. The van der Waals surface area contributed by atoms with Crippen molar-refractivity contribution in [3.8, 4) is 5.88 Å². The quantitative estimate of drug-likeness (QED) is 0.754. The number of rotatable bonds is 5. The van der Waals surface area contributed by atoms with Crippen LogP contribution in [0.3, 0.4) is 0 Å². The fourth-order valence-corrected chi connectivity index (χ4v) is 1.26. The summed E-state index contributed by atoms with van der Waals surface area (Å²) < 4.78 is 10.4. The summed E-state index contributed by atoms with van der Waals surface area (Å²) in [5.41, 5.74) is 0.685. The van der Waals surface area contributed by atoms with Crippen molar-refractivity contribution in [3.05, 3.63) is 23.9 Å². The summed E-state index contributed by atoms with van der Waals surface area (Å²) in [5.74, 6) is 0.179.